The summed E-state index contributed by atoms with van der Waals surface area (Å²) < 4.78 is 6.54. The minimum absolute atomic E-state index is 0.0409. The summed E-state index contributed by atoms with van der Waals surface area (Å²) in [6, 6.07) is 86.9. The van der Waals surface area contributed by atoms with Gasteiger partial charge >= 0.3 is 0 Å². The third kappa shape index (κ3) is 5.71. The Labute approximate surface area is 383 Å². The molecule has 0 bridgehead atoms. The van der Waals surface area contributed by atoms with Gasteiger partial charge in [-0.1, -0.05) is 170 Å². The summed E-state index contributed by atoms with van der Waals surface area (Å²) in [5.41, 5.74) is 19.6. The second-order valence-electron chi connectivity index (χ2n) is 17.7. The molecule has 1 aromatic heterocycles. The van der Waals surface area contributed by atoms with Crippen LogP contribution in [0.5, 0.6) is 0 Å². The van der Waals surface area contributed by atoms with Crippen LogP contribution in [0, 0.1) is 0 Å². The maximum Gasteiger partial charge on any atom is 0.252 e. The van der Waals surface area contributed by atoms with E-state index >= 15 is 0 Å². The Morgan fingerprint density at radius 3 is 1.24 bits per heavy atom. The van der Waals surface area contributed by atoms with Gasteiger partial charge in [0.25, 0.3) is 6.71 Å². The topological polar surface area (TPSA) is 19.6 Å². The molecule has 0 amide bonds. The molecule has 3 heterocycles. The van der Waals surface area contributed by atoms with E-state index in [0.29, 0.717) is 0 Å². The average molecular weight is 839 g/mol. The van der Waals surface area contributed by atoms with Gasteiger partial charge in [-0.3, -0.25) is 0 Å². The zero-order valence-electron chi connectivity index (χ0n) is 35.9. The number of furan rings is 1. The second kappa shape index (κ2) is 14.5. The van der Waals surface area contributed by atoms with Crippen molar-refractivity contribution in [3.05, 3.63) is 237 Å². The van der Waals surface area contributed by atoms with Crippen LogP contribution in [-0.2, 0) is 0 Å². The second-order valence-corrected chi connectivity index (χ2v) is 17.7. The molecule has 66 heavy (non-hydrogen) atoms. The zero-order chi connectivity index (χ0) is 43.3. The van der Waals surface area contributed by atoms with Crippen LogP contribution >= 0.6 is 0 Å². The molecule has 2 aliphatic heterocycles. The number of nitrogens with zero attached hydrogens (tertiary/aromatic N) is 2. The molecular formula is C62H39BN2O. The SMILES string of the molecule is c1ccc(-c2ccc(N3c4cc5ccccc5cc4B4c5cc6ccccc6cc5N(c5ccc(-c6ccccc6)cc5)c5cc(-c6ccc7c(c6)oc6ccccc67)cc3c54)cc2)cc1. The fraction of sp³-hybridized carbons (Fsp3) is 0. The molecule has 0 atom stereocenters. The minimum Gasteiger partial charge on any atom is -0.456 e. The summed E-state index contributed by atoms with van der Waals surface area (Å²) in [6.07, 6.45) is 0. The van der Waals surface area contributed by atoms with E-state index in [4.69, 9.17) is 4.42 Å². The Balaban J connectivity index is 1.07. The highest BCUT2D eigenvalue weighted by atomic mass is 16.3. The molecule has 0 radical (unpaired) electrons. The standard InChI is InChI=1S/C62H39BN2O/c1-3-13-40(14-4-1)42-23-28-50(29-24-42)64-56-35-46-19-9-7-17-44(46)33-54(56)63-55-34-45-18-8-10-20-47(45)36-57(55)65(51-30-25-43(26-31-51)41-15-5-2-6-16-41)59-38-49(37-58(64)62(59)63)48-27-32-53-52-21-11-12-22-60(52)66-61(53)39-48/h1-39H. The van der Waals surface area contributed by atoms with Gasteiger partial charge in [0.05, 0.1) is 0 Å². The monoisotopic (exact) mass is 838 g/mol. The first-order valence-electron chi connectivity index (χ1n) is 22.8. The van der Waals surface area contributed by atoms with Crippen molar-refractivity contribution < 1.29 is 4.42 Å². The van der Waals surface area contributed by atoms with Crippen LogP contribution in [0.15, 0.2) is 241 Å². The predicted molar refractivity (Wildman–Crippen MR) is 279 cm³/mol. The lowest BCUT2D eigenvalue weighted by Crippen LogP contribution is -2.61. The normalized spacial score (nSPS) is 12.8. The van der Waals surface area contributed by atoms with Crippen molar-refractivity contribution in [2.75, 3.05) is 9.80 Å². The molecule has 0 unspecified atom stereocenters. The molecule has 12 aromatic rings. The van der Waals surface area contributed by atoms with E-state index in [0.717, 1.165) is 55.8 Å². The Kier molecular flexibility index (Phi) is 8.08. The van der Waals surface area contributed by atoms with Gasteiger partial charge in [-0.15, -0.1) is 0 Å². The summed E-state index contributed by atoms with van der Waals surface area (Å²) in [4.78, 5) is 5.05. The van der Waals surface area contributed by atoms with Gasteiger partial charge in [-0.05, 0) is 138 Å². The Morgan fingerprint density at radius 2 is 0.712 bits per heavy atom. The van der Waals surface area contributed by atoms with Gasteiger partial charge in [-0.25, -0.2) is 0 Å². The van der Waals surface area contributed by atoms with Crippen LogP contribution in [0.1, 0.15) is 0 Å². The molecule has 3 nitrogen and oxygen atoms in total. The molecular weight excluding hydrogens is 800 g/mol. The number of hydrogen-bond donors (Lipinski definition) is 0. The van der Waals surface area contributed by atoms with Crippen molar-refractivity contribution in [1.29, 1.82) is 0 Å². The lowest BCUT2D eigenvalue weighted by Gasteiger charge is -2.44. The molecule has 0 fully saturated rings. The first-order valence-corrected chi connectivity index (χ1v) is 22.8. The molecule has 2 aliphatic rings. The lowest BCUT2D eigenvalue weighted by molar-refractivity contribution is 0.669. The largest absolute Gasteiger partial charge is 0.456 e. The molecule has 4 heteroatoms. The number of benzene rings is 11. The summed E-state index contributed by atoms with van der Waals surface area (Å²) >= 11 is 0. The van der Waals surface area contributed by atoms with Crippen LogP contribution in [0.25, 0.3) is 76.9 Å². The van der Waals surface area contributed by atoms with Crippen LogP contribution in [0.4, 0.5) is 34.1 Å². The lowest BCUT2D eigenvalue weighted by atomic mass is 9.33. The molecule has 14 rings (SSSR count). The Morgan fingerprint density at radius 1 is 0.288 bits per heavy atom. The molecule has 0 spiro atoms. The summed E-state index contributed by atoms with van der Waals surface area (Å²) in [5, 5.41) is 7.15. The fourth-order valence-corrected chi connectivity index (χ4v) is 10.9. The van der Waals surface area contributed by atoms with Gasteiger partial charge in [0.1, 0.15) is 11.2 Å². The number of fused-ring (bicyclic) bond motifs is 9. The highest BCUT2D eigenvalue weighted by Gasteiger charge is 2.44. The fourth-order valence-electron chi connectivity index (χ4n) is 10.9. The van der Waals surface area contributed by atoms with Crippen LogP contribution in [-0.4, -0.2) is 6.71 Å². The van der Waals surface area contributed by atoms with Gasteiger partial charge in [0, 0.05) is 44.9 Å². The van der Waals surface area contributed by atoms with E-state index in [1.165, 1.54) is 71.6 Å². The summed E-state index contributed by atoms with van der Waals surface area (Å²) in [6.45, 7) is -0.0409. The van der Waals surface area contributed by atoms with Gasteiger partial charge in [-0.2, -0.15) is 0 Å². The van der Waals surface area contributed by atoms with E-state index < -0.39 is 0 Å². The van der Waals surface area contributed by atoms with Gasteiger partial charge in [0.2, 0.25) is 0 Å². The van der Waals surface area contributed by atoms with Crippen molar-refractivity contribution in [1.82, 2.24) is 0 Å². The highest BCUT2D eigenvalue weighted by molar-refractivity contribution is 7.00. The number of para-hydroxylation sites is 1. The third-order valence-electron chi connectivity index (χ3n) is 14.0. The van der Waals surface area contributed by atoms with E-state index in [1.54, 1.807) is 0 Å². The highest BCUT2D eigenvalue weighted by Crippen LogP contribution is 2.48. The van der Waals surface area contributed by atoms with Crippen molar-refractivity contribution in [3.63, 3.8) is 0 Å². The number of hydrogen-bond acceptors (Lipinski definition) is 3. The third-order valence-corrected chi connectivity index (χ3v) is 14.0. The minimum atomic E-state index is -0.0409. The molecule has 306 valence electrons. The van der Waals surface area contributed by atoms with Crippen LogP contribution < -0.4 is 26.2 Å². The van der Waals surface area contributed by atoms with E-state index in [2.05, 4.69) is 240 Å². The summed E-state index contributed by atoms with van der Waals surface area (Å²) in [5.74, 6) is 0. The quantitative estimate of drug-likeness (QED) is 0.161. The van der Waals surface area contributed by atoms with Crippen molar-refractivity contribution in [3.8, 4) is 33.4 Å². The number of anilines is 6. The molecule has 0 saturated carbocycles. The van der Waals surface area contributed by atoms with Gasteiger partial charge in [0.15, 0.2) is 0 Å². The summed E-state index contributed by atoms with van der Waals surface area (Å²) in [7, 11) is 0. The molecule has 0 N–H and O–H groups in total. The molecule has 0 saturated heterocycles. The van der Waals surface area contributed by atoms with Crippen molar-refractivity contribution in [2.24, 2.45) is 0 Å². The van der Waals surface area contributed by atoms with Crippen molar-refractivity contribution in [2.45, 2.75) is 0 Å². The Bertz CT molecular complexity index is 3680. The average Bonchev–Trinajstić information content (AvgIpc) is 3.76. The van der Waals surface area contributed by atoms with Crippen molar-refractivity contribution >= 4 is 101 Å². The van der Waals surface area contributed by atoms with Crippen LogP contribution in [0.3, 0.4) is 0 Å². The van der Waals surface area contributed by atoms with E-state index in [1.807, 2.05) is 6.07 Å². The molecule has 11 aromatic carbocycles. The number of rotatable bonds is 5. The smallest absolute Gasteiger partial charge is 0.252 e. The maximum atomic E-state index is 6.54. The predicted octanol–water partition coefficient (Wildman–Crippen LogP) is 15.0. The van der Waals surface area contributed by atoms with E-state index in [-0.39, 0.29) is 6.71 Å². The Hall–Kier alpha value is -8.60. The first kappa shape index (κ1) is 36.8. The van der Waals surface area contributed by atoms with Crippen LogP contribution in [0.2, 0.25) is 0 Å². The first-order chi connectivity index (χ1) is 32.7. The maximum absolute atomic E-state index is 6.54. The van der Waals surface area contributed by atoms with E-state index in [9.17, 15) is 0 Å². The molecule has 0 aliphatic carbocycles. The zero-order valence-corrected chi connectivity index (χ0v) is 35.9. The van der Waals surface area contributed by atoms with Gasteiger partial charge < -0.3 is 14.2 Å².